The number of carbonyl (C=O) groups is 2. The first-order valence-electron chi connectivity index (χ1n) is 4.98. The molecule has 0 unspecified atom stereocenters. The zero-order valence-corrected chi connectivity index (χ0v) is 10.2. The van der Waals surface area contributed by atoms with Crippen LogP contribution in [0, 0.1) is 0 Å². The molecule has 2 atom stereocenters. The summed E-state index contributed by atoms with van der Waals surface area (Å²) in [7, 11) is 0. The van der Waals surface area contributed by atoms with E-state index in [1.165, 1.54) is 0 Å². The highest BCUT2D eigenvalue weighted by atomic mass is 16.6. The first kappa shape index (κ1) is 14.4. The molecule has 0 aliphatic heterocycles. The Morgan fingerprint density at radius 3 is 1.31 bits per heavy atom. The topological polar surface area (TPSA) is 52.6 Å². The van der Waals surface area contributed by atoms with Crippen molar-refractivity contribution < 1.29 is 19.1 Å². The van der Waals surface area contributed by atoms with E-state index in [4.69, 9.17) is 9.47 Å². The van der Waals surface area contributed by atoms with Gasteiger partial charge in [-0.1, -0.05) is 13.2 Å². The summed E-state index contributed by atoms with van der Waals surface area (Å²) in [5.74, 6) is -0.989. The van der Waals surface area contributed by atoms with E-state index in [2.05, 4.69) is 13.2 Å². The van der Waals surface area contributed by atoms with Gasteiger partial charge in [-0.2, -0.15) is 0 Å². The van der Waals surface area contributed by atoms with Crippen molar-refractivity contribution in [1.82, 2.24) is 0 Å². The predicted octanol–water partition coefficient (Wildman–Crippen LogP) is 2.00. The molecule has 90 valence electrons. The largest absolute Gasteiger partial charge is 0.455 e. The van der Waals surface area contributed by atoms with E-state index in [1.807, 2.05) is 0 Å². The Hall–Kier alpha value is -1.58. The number of esters is 2. The maximum absolute atomic E-state index is 11.2. The Morgan fingerprint density at radius 1 is 0.875 bits per heavy atom. The van der Waals surface area contributed by atoms with Crippen LogP contribution in [-0.2, 0) is 19.1 Å². The van der Waals surface area contributed by atoms with Crippen molar-refractivity contribution >= 4 is 11.9 Å². The average Bonchev–Trinajstić information content (AvgIpc) is 2.16. The fourth-order valence-corrected chi connectivity index (χ4v) is 0.730. The summed E-state index contributed by atoms with van der Waals surface area (Å²) >= 11 is 0. The maximum atomic E-state index is 11.2. The minimum atomic E-state index is -0.521. The molecule has 0 saturated heterocycles. The third kappa shape index (κ3) is 4.77. The normalized spacial score (nSPS) is 13.5. The van der Waals surface area contributed by atoms with E-state index in [1.54, 1.807) is 27.7 Å². The van der Waals surface area contributed by atoms with Crippen molar-refractivity contribution in [3.05, 3.63) is 24.3 Å². The smallest absolute Gasteiger partial charge is 0.333 e. The summed E-state index contributed by atoms with van der Waals surface area (Å²) in [6.07, 6.45) is -1.04. The van der Waals surface area contributed by atoms with Crippen LogP contribution in [0.2, 0.25) is 0 Å². The van der Waals surface area contributed by atoms with Crippen LogP contribution in [0.15, 0.2) is 24.3 Å². The maximum Gasteiger partial charge on any atom is 0.333 e. The van der Waals surface area contributed by atoms with Crippen LogP contribution in [0.1, 0.15) is 27.7 Å². The van der Waals surface area contributed by atoms with Gasteiger partial charge in [0, 0.05) is 11.1 Å². The zero-order chi connectivity index (χ0) is 12.9. The molecule has 0 aliphatic rings. The van der Waals surface area contributed by atoms with Gasteiger partial charge in [-0.3, -0.25) is 0 Å². The van der Waals surface area contributed by atoms with Crippen molar-refractivity contribution in [2.45, 2.75) is 39.9 Å². The molecule has 0 aromatic heterocycles. The number of rotatable bonds is 5. The van der Waals surface area contributed by atoms with Gasteiger partial charge in [0.25, 0.3) is 0 Å². The highest BCUT2D eigenvalue weighted by Gasteiger charge is 2.20. The standard InChI is InChI=1S/C12H18O4/c1-7(2)11(13)15-9(5)10(6)16-12(14)8(3)4/h9-10H,1,3H2,2,4-6H3/t9-,10-/m0/s1. The summed E-state index contributed by atoms with van der Waals surface area (Å²) in [6.45, 7) is 13.3. The lowest BCUT2D eigenvalue weighted by Gasteiger charge is -2.20. The molecule has 0 spiro atoms. The summed E-state index contributed by atoms with van der Waals surface area (Å²) in [5, 5.41) is 0. The van der Waals surface area contributed by atoms with Crippen molar-refractivity contribution in [1.29, 1.82) is 0 Å². The average molecular weight is 226 g/mol. The van der Waals surface area contributed by atoms with E-state index >= 15 is 0 Å². The summed E-state index contributed by atoms with van der Waals surface area (Å²) < 4.78 is 10.0. The Labute approximate surface area is 95.9 Å². The van der Waals surface area contributed by atoms with Crippen molar-refractivity contribution in [3.8, 4) is 0 Å². The molecule has 0 rings (SSSR count). The van der Waals surface area contributed by atoms with Crippen LogP contribution in [0.25, 0.3) is 0 Å². The highest BCUT2D eigenvalue weighted by Crippen LogP contribution is 2.08. The van der Waals surface area contributed by atoms with Gasteiger partial charge in [0.1, 0.15) is 12.2 Å². The third-order valence-electron chi connectivity index (χ3n) is 1.94. The molecule has 0 saturated carbocycles. The SMILES string of the molecule is C=C(C)C(=O)O[C@@H](C)[C@H](C)OC(=O)C(=C)C. The van der Waals surface area contributed by atoms with Crippen molar-refractivity contribution in [2.24, 2.45) is 0 Å². The lowest BCUT2D eigenvalue weighted by atomic mass is 10.2. The Bertz CT molecular complexity index is 285. The number of ether oxygens (including phenoxy) is 2. The monoisotopic (exact) mass is 226 g/mol. The van der Waals surface area contributed by atoms with Gasteiger partial charge in [-0.25, -0.2) is 9.59 Å². The Balaban J connectivity index is 4.24. The van der Waals surface area contributed by atoms with E-state index in [0.29, 0.717) is 11.1 Å². The van der Waals surface area contributed by atoms with Gasteiger partial charge >= 0.3 is 11.9 Å². The summed E-state index contributed by atoms with van der Waals surface area (Å²) in [4.78, 5) is 22.4. The Morgan fingerprint density at radius 2 is 1.12 bits per heavy atom. The molecule has 0 amide bonds. The van der Waals surface area contributed by atoms with Gasteiger partial charge in [0.05, 0.1) is 0 Å². The van der Waals surface area contributed by atoms with Gasteiger partial charge in [0.2, 0.25) is 0 Å². The molecule has 0 aromatic carbocycles. The second-order valence-corrected chi connectivity index (χ2v) is 3.78. The van der Waals surface area contributed by atoms with Gasteiger partial charge in [-0.05, 0) is 27.7 Å². The molecular formula is C12H18O4. The molecule has 0 heterocycles. The molecule has 0 N–H and O–H groups in total. The third-order valence-corrected chi connectivity index (χ3v) is 1.94. The summed E-state index contributed by atoms with van der Waals surface area (Å²) in [6, 6.07) is 0. The fraction of sp³-hybridized carbons (Fsp3) is 0.500. The van der Waals surface area contributed by atoms with Crippen LogP contribution >= 0.6 is 0 Å². The molecule has 0 radical (unpaired) electrons. The number of carbonyl (C=O) groups excluding carboxylic acids is 2. The lowest BCUT2D eigenvalue weighted by Crippen LogP contribution is -2.31. The van der Waals surface area contributed by atoms with Gasteiger partial charge in [0.15, 0.2) is 0 Å². The van der Waals surface area contributed by atoms with Crippen LogP contribution in [-0.4, -0.2) is 24.1 Å². The first-order valence-corrected chi connectivity index (χ1v) is 4.98. The Kier molecular flexibility index (Phi) is 5.50. The van der Waals surface area contributed by atoms with Gasteiger partial charge in [-0.15, -0.1) is 0 Å². The van der Waals surface area contributed by atoms with E-state index in [0.717, 1.165) is 0 Å². The minimum Gasteiger partial charge on any atom is -0.455 e. The van der Waals surface area contributed by atoms with E-state index in [-0.39, 0.29) is 0 Å². The quantitative estimate of drug-likeness (QED) is 0.531. The molecule has 0 aliphatic carbocycles. The minimum absolute atomic E-state index is 0.310. The molecule has 4 nitrogen and oxygen atoms in total. The summed E-state index contributed by atoms with van der Waals surface area (Å²) in [5.41, 5.74) is 0.621. The van der Waals surface area contributed by atoms with E-state index in [9.17, 15) is 9.59 Å². The lowest BCUT2D eigenvalue weighted by molar-refractivity contribution is -0.160. The molecule has 4 heteroatoms. The number of hydrogen-bond acceptors (Lipinski definition) is 4. The van der Waals surface area contributed by atoms with Crippen LogP contribution in [0.4, 0.5) is 0 Å². The molecule has 0 bridgehead atoms. The van der Waals surface area contributed by atoms with Crippen LogP contribution in [0.3, 0.4) is 0 Å². The van der Waals surface area contributed by atoms with Gasteiger partial charge < -0.3 is 9.47 Å². The van der Waals surface area contributed by atoms with Crippen molar-refractivity contribution in [2.75, 3.05) is 0 Å². The fourth-order valence-electron chi connectivity index (χ4n) is 0.730. The second kappa shape index (κ2) is 6.10. The molecular weight excluding hydrogens is 208 g/mol. The molecule has 0 aromatic rings. The number of hydrogen-bond donors (Lipinski definition) is 0. The van der Waals surface area contributed by atoms with Crippen LogP contribution in [0.5, 0.6) is 0 Å². The second-order valence-electron chi connectivity index (χ2n) is 3.78. The molecule has 0 fully saturated rings. The molecule has 16 heavy (non-hydrogen) atoms. The first-order chi connectivity index (χ1) is 7.25. The van der Waals surface area contributed by atoms with Crippen molar-refractivity contribution in [3.63, 3.8) is 0 Å². The van der Waals surface area contributed by atoms with E-state index < -0.39 is 24.1 Å². The zero-order valence-electron chi connectivity index (χ0n) is 10.2. The van der Waals surface area contributed by atoms with Crippen LogP contribution < -0.4 is 0 Å². The predicted molar refractivity (Wildman–Crippen MR) is 60.7 cm³/mol. The highest BCUT2D eigenvalue weighted by molar-refractivity contribution is 5.87.